The summed E-state index contributed by atoms with van der Waals surface area (Å²) in [5, 5.41) is 24.0. The summed E-state index contributed by atoms with van der Waals surface area (Å²) in [5.41, 5.74) is 1.48. The number of aryl methyl sites for hydroxylation is 1. The number of benzene rings is 1. The molecular formula is C12H14N2O4. The number of anilines is 1. The highest BCUT2D eigenvalue weighted by molar-refractivity contribution is 6.17. The molecular weight excluding hydrogens is 236 g/mol. The van der Waals surface area contributed by atoms with Gasteiger partial charge in [-0.3, -0.25) is 4.79 Å². The molecule has 96 valence electrons. The first kappa shape index (κ1) is 12.5. The van der Waals surface area contributed by atoms with Crippen LogP contribution in [0, 0.1) is 6.92 Å². The van der Waals surface area contributed by atoms with Gasteiger partial charge in [0.2, 0.25) is 0 Å². The minimum Gasteiger partial charge on any atom is -0.476 e. The second kappa shape index (κ2) is 4.40. The first-order valence-electron chi connectivity index (χ1n) is 5.54. The molecule has 0 atom stereocenters. The van der Waals surface area contributed by atoms with Crippen LogP contribution in [0.3, 0.4) is 0 Å². The summed E-state index contributed by atoms with van der Waals surface area (Å²) in [6.07, 6.45) is 0. The van der Waals surface area contributed by atoms with Crippen molar-refractivity contribution in [1.29, 1.82) is 0 Å². The molecule has 1 aromatic carbocycles. The van der Waals surface area contributed by atoms with Crippen LogP contribution in [0.5, 0.6) is 0 Å². The largest absolute Gasteiger partial charge is 0.476 e. The molecule has 0 saturated heterocycles. The van der Waals surface area contributed by atoms with E-state index in [1.165, 1.54) is 0 Å². The Hall–Kier alpha value is -1.92. The molecule has 1 aromatic rings. The number of nitrogens with zero attached hydrogens (tertiary/aromatic N) is 2. The molecule has 0 fully saturated rings. The van der Waals surface area contributed by atoms with Gasteiger partial charge in [0.1, 0.15) is 0 Å². The maximum absolute atomic E-state index is 11.8. The van der Waals surface area contributed by atoms with Gasteiger partial charge in [-0.2, -0.15) is 5.01 Å². The normalized spacial score (nSPS) is 17.9. The molecule has 2 rings (SSSR count). The van der Waals surface area contributed by atoms with Gasteiger partial charge in [0.15, 0.2) is 0 Å². The lowest BCUT2D eigenvalue weighted by atomic mass is 10.2. The van der Waals surface area contributed by atoms with Crippen LogP contribution in [0.2, 0.25) is 0 Å². The molecule has 2 N–H and O–H groups in total. The number of aliphatic hydroxyl groups is 2. The molecule has 1 heterocycles. The zero-order chi connectivity index (χ0) is 13.3. The summed E-state index contributed by atoms with van der Waals surface area (Å²) in [6, 6.07) is 6.93. The van der Waals surface area contributed by atoms with E-state index in [-0.39, 0.29) is 6.61 Å². The third kappa shape index (κ3) is 1.96. The average molecular weight is 250 g/mol. The molecule has 1 amide bonds. The van der Waals surface area contributed by atoms with Gasteiger partial charge in [-0.25, -0.2) is 0 Å². The summed E-state index contributed by atoms with van der Waals surface area (Å²) in [7, 11) is 0. The Morgan fingerprint density at radius 3 is 2.50 bits per heavy atom. The SMILES string of the molecule is CCOC1=NN(c2ccc(C)cc2)C(=O)C1(O)O. The van der Waals surface area contributed by atoms with Gasteiger partial charge in [-0.15, -0.1) is 5.10 Å². The van der Waals surface area contributed by atoms with Crippen LogP contribution < -0.4 is 5.01 Å². The van der Waals surface area contributed by atoms with Crippen molar-refractivity contribution in [2.45, 2.75) is 19.6 Å². The van der Waals surface area contributed by atoms with E-state index in [2.05, 4.69) is 5.10 Å². The van der Waals surface area contributed by atoms with Gasteiger partial charge in [0.05, 0.1) is 12.3 Å². The van der Waals surface area contributed by atoms with Crippen molar-refractivity contribution in [3.8, 4) is 0 Å². The monoisotopic (exact) mass is 250 g/mol. The number of amides is 1. The molecule has 0 saturated carbocycles. The number of carbonyl (C=O) groups excluding carboxylic acids is 1. The van der Waals surface area contributed by atoms with Crippen LogP contribution in [0.4, 0.5) is 5.69 Å². The fraction of sp³-hybridized carbons (Fsp3) is 0.333. The van der Waals surface area contributed by atoms with Crippen LogP contribution in [0.1, 0.15) is 12.5 Å². The minimum atomic E-state index is -2.69. The lowest BCUT2D eigenvalue weighted by Gasteiger charge is -2.16. The molecule has 0 bridgehead atoms. The van der Waals surface area contributed by atoms with Crippen molar-refractivity contribution >= 4 is 17.5 Å². The number of rotatable bonds is 2. The van der Waals surface area contributed by atoms with Gasteiger partial charge >= 0.3 is 11.7 Å². The summed E-state index contributed by atoms with van der Waals surface area (Å²) < 4.78 is 4.95. The van der Waals surface area contributed by atoms with E-state index < -0.39 is 17.6 Å². The standard InChI is InChI=1S/C12H14N2O4/c1-3-18-10-12(16,17)11(15)14(13-10)9-6-4-8(2)5-7-9/h4-7,16-17H,3H2,1-2H3. The Morgan fingerprint density at radius 2 is 1.94 bits per heavy atom. The second-order valence-corrected chi connectivity index (χ2v) is 3.96. The fourth-order valence-electron chi connectivity index (χ4n) is 1.57. The van der Waals surface area contributed by atoms with Crippen molar-refractivity contribution in [1.82, 2.24) is 0 Å². The van der Waals surface area contributed by atoms with E-state index in [4.69, 9.17) is 4.74 Å². The molecule has 0 spiro atoms. The lowest BCUT2D eigenvalue weighted by molar-refractivity contribution is -0.159. The summed E-state index contributed by atoms with van der Waals surface area (Å²) in [5.74, 6) is -4.05. The number of carbonyl (C=O) groups is 1. The van der Waals surface area contributed by atoms with Gasteiger partial charge in [0, 0.05) is 0 Å². The summed E-state index contributed by atoms with van der Waals surface area (Å²) >= 11 is 0. The Bertz CT molecular complexity index is 493. The third-order valence-corrected chi connectivity index (χ3v) is 2.54. The fourth-order valence-corrected chi connectivity index (χ4v) is 1.57. The van der Waals surface area contributed by atoms with Crippen molar-refractivity contribution in [3.63, 3.8) is 0 Å². The molecule has 6 nitrogen and oxygen atoms in total. The number of hydrogen-bond acceptors (Lipinski definition) is 5. The number of hydrogen-bond donors (Lipinski definition) is 2. The van der Waals surface area contributed by atoms with E-state index in [0.29, 0.717) is 5.69 Å². The second-order valence-electron chi connectivity index (χ2n) is 3.96. The minimum absolute atomic E-state index is 0.191. The van der Waals surface area contributed by atoms with E-state index in [1.807, 2.05) is 6.92 Å². The molecule has 0 radical (unpaired) electrons. The Kier molecular flexibility index (Phi) is 3.06. The van der Waals surface area contributed by atoms with E-state index in [0.717, 1.165) is 10.6 Å². The van der Waals surface area contributed by atoms with Crippen LogP contribution in [0.25, 0.3) is 0 Å². The highest BCUT2D eigenvalue weighted by Gasteiger charge is 2.51. The molecule has 1 aliphatic rings. The Morgan fingerprint density at radius 1 is 1.33 bits per heavy atom. The summed E-state index contributed by atoms with van der Waals surface area (Å²) in [6.45, 7) is 3.77. The van der Waals surface area contributed by atoms with Crippen LogP contribution in [-0.2, 0) is 9.53 Å². The first-order valence-corrected chi connectivity index (χ1v) is 5.54. The molecule has 1 aliphatic heterocycles. The van der Waals surface area contributed by atoms with Gasteiger partial charge < -0.3 is 14.9 Å². The zero-order valence-corrected chi connectivity index (χ0v) is 10.1. The topological polar surface area (TPSA) is 82.4 Å². The highest BCUT2D eigenvalue weighted by Crippen LogP contribution is 2.25. The van der Waals surface area contributed by atoms with Crippen molar-refractivity contribution in [3.05, 3.63) is 29.8 Å². The van der Waals surface area contributed by atoms with Gasteiger partial charge in [0.25, 0.3) is 5.90 Å². The predicted octanol–water partition coefficient (Wildman–Crippen LogP) is 0.373. The zero-order valence-electron chi connectivity index (χ0n) is 10.1. The maximum Gasteiger partial charge on any atom is 0.328 e. The van der Waals surface area contributed by atoms with E-state index in [9.17, 15) is 15.0 Å². The van der Waals surface area contributed by atoms with Crippen LogP contribution in [0.15, 0.2) is 29.4 Å². The summed E-state index contributed by atoms with van der Waals surface area (Å²) in [4.78, 5) is 11.8. The molecule has 0 aliphatic carbocycles. The third-order valence-electron chi connectivity index (χ3n) is 2.54. The number of hydrazone groups is 1. The number of ether oxygens (including phenoxy) is 1. The van der Waals surface area contributed by atoms with Gasteiger partial charge in [-0.05, 0) is 26.0 Å². The van der Waals surface area contributed by atoms with E-state index in [1.54, 1.807) is 31.2 Å². The molecule has 0 unspecified atom stereocenters. The highest BCUT2D eigenvalue weighted by atomic mass is 16.6. The first-order chi connectivity index (χ1) is 8.46. The molecule has 0 aromatic heterocycles. The van der Waals surface area contributed by atoms with Crippen LogP contribution >= 0.6 is 0 Å². The average Bonchev–Trinajstić information content (AvgIpc) is 2.55. The van der Waals surface area contributed by atoms with Crippen molar-refractivity contribution in [2.24, 2.45) is 5.10 Å². The lowest BCUT2D eigenvalue weighted by Crippen LogP contribution is -2.47. The van der Waals surface area contributed by atoms with Gasteiger partial charge in [-0.1, -0.05) is 17.7 Å². The van der Waals surface area contributed by atoms with E-state index >= 15 is 0 Å². The molecule has 18 heavy (non-hydrogen) atoms. The maximum atomic E-state index is 11.8. The quantitative estimate of drug-likeness (QED) is 0.743. The molecule has 6 heteroatoms. The van der Waals surface area contributed by atoms with Crippen molar-refractivity contribution < 1.29 is 19.7 Å². The smallest absolute Gasteiger partial charge is 0.328 e. The Balaban J connectivity index is 2.35. The predicted molar refractivity (Wildman–Crippen MR) is 64.9 cm³/mol. The van der Waals surface area contributed by atoms with Crippen molar-refractivity contribution in [2.75, 3.05) is 11.6 Å². The Labute approximate surface area is 104 Å². The van der Waals surface area contributed by atoms with Crippen LogP contribution in [-0.4, -0.2) is 34.4 Å².